The smallest absolute Gasteiger partial charge is 0.123 e. The molecule has 0 saturated heterocycles. The van der Waals surface area contributed by atoms with Gasteiger partial charge in [0.2, 0.25) is 0 Å². The van der Waals surface area contributed by atoms with E-state index in [0.29, 0.717) is 16.4 Å². The van der Waals surface area contributed by atoms with Crippen molar-refractivity contribution in [2.75, 3.05) is 5.73 Å². The second-order valence-electron chi connectivity index (χ2n) is 4.19. The van der Waals surface area contributed by atoms with Crippen LogP contribution in [0, 0.1) is 0 Å². The highest BCUT2D eigenvalue weighted by Crippen LogP contribution is 2.33. The van der Waals surface area contributed by atoms with E-state index in [0.717, 1.165) is 16.5 Å². The number of aromatic hydroxyl groups is 1. The molecular formula is C14H11ClN2O. The molecule has 0 amide bonds. The quantitative estimate of drug-likeness (QED) is 0.622. The van der Waals surface area contributed by atoms with Crippen LogP contribution in [0.5, 0.6) is 5.75 Å². The number of rotatable bonds is 1. The third-order valence-corrected chi connectivity index (χ3v) is 3.15. The van der Waals surface area contributed by atoms with Crippen molar-refractivity contribution in [2.45, 2.75) is 0 Å². The number of nitrogens with one attached hydrogen (secondary N) is 1. The lowest BCUT2D eigenvalue weighted by Gasteiger charge is -2.05. The van der Waals surface area contributed by atoms with Crippen molar-refractivity contribution < 1.29 is 5.11 Å². The second kappa shape index (κ2) is 3.96. The molecule has 0 radical (unpaired) electrons. The van der Waals surface area contributed by atoms with Crippen LogP contribution in [0.15, 0.2) is 42.5 Å². The minimum Gasteiger partial charge on any atom is -0.507 e. The van der Waals surface area contributed by atoms with Gasteiger partial charge in [0.15, 0.2) is 0 Å². The van der Waals surface area contributed by atoms with E-state index >= 15 is 0 Å². The summed E-state index contributed by atoms with van der Waals surface area (Å²) in [6, 6.07) is 12.7. The summed E-state index contributed by atoms with van der Waals surface area (Å²) >= 11 is 5.95. The summed E-state index contributed by atoms with van der Waals surface area (Å²) in [7, 11) is 0. The van der Waals surface area contributed by atoms with E-state index in [1.54, 1.807) is 18.2 Å². The zero-order valence-electron chi connectivity index (χ0n) is 9.44. The van der Waals surface area contributed by atoms with E-state index in [-0.39, 0.29) is 5.75 Å². The molecule has 0 aliphatic rings. The van der Waals surface area contributed by atoms with Crippen LogP contribution >= 0.6 is 11.6 Å². The molecule has 0 spiro atoms. The Hall–Kier alpha value is -2.13. The summed E-state index contributed by atoms with van der Waals surface area (Å²) in [5, 5.41) is 11.5. The molecular weight excluding hydrogens is 248 g/mol. The number of nitrogens with two attached hydrogens (primary N) is 1. The molecule has 4 N–H and O–H groups in total. The molecule has 0 aliphatic carbocycles. The Kier molecular flexibility index (Phi) is 2.42. The van der Waals surface area contributed by atoms with Gasteiger partial charge >= 0.3 is 0 Å². The Bertz CT molecular complexity index is 734. The van der Waals surface area contributed by atoms with Gasteiger partial charge in [-0.15, -0.1) is 0 Å². The lowest BCUT2D eigenvalue weighted by Crippen LogP contribution is -1.81. The topological polar surface area (TPSA) is 62.0 Å². The summed E-state index contributed by atoms with van der Waals surface area (Å²) in [5.74, 6) is 0.829. The van der Waals surface area contributed by atoms with Gasteiger partial charge in [0.05, 0.1) is 0 Å². The summed E-state index contributed by atoms with van der Waals surface area (Å²) in [6.07, 6.45) is 0. The van der Waals surface area contributed by atoms with Gasteiger partial charge in [-0.3, -0.25) is 0 Å². The van der Waals surface area contributed by atoms with Crippen molar-refractivity contribution in [3.8, 4) is 16.9 Å². The average Bonchev–Trinajstić information content (AvgIpc) is 2.71. The van der Waals surface area contributed by atoms with Crippen molar-refractivity contribution in [1.82, 2.24) is 4.98 Å². The van der Waals surface area contributed by atoms with Gasteiger partial charge in [0.1, 0.15) is 11.6 Å². The fraction of sp³-hybridized carbons (Fsp3) is 0. The standard InChI is InChI=1S/C14H11ClN2O/c15-10-3-4-13(18)11(7-10)8-1-2-9-6-14(16)17-12(9)5-8/h1-7,17-18H,16H2. The Balaban J connectivity index is 2.21. The molecule has 3 nitrogen and oxygen atoms in total. The Labute approximate surface area is 109 Å². The number of phenols is 1. The van der Waals surface area contributed by atoms with E-state index in [4.69, 9.17) is 17.3 Å². The zero-order valence-corrected chi connectivity index (χ0v) is 10.2. The van der Waals surface area contributed by atoms with Crippen LogP contribution in [-0.4, -0.2) is 10.1 Å². The summed E-state index contributed by atoms with van der Waals surface area (Å²) in [4.78, 5) is 3.07. The molecule has 1 aromatic heterocycles. The molecule has 0 atom stereocenters. The normalized spacial score (nSPS) is 10.9. The fourth-order valence-electron chi connectivity index (χ4n) is 2.06. The zero-order chi connectivity index (χ0) is 12.7. The van der Waals surface area contributed by atoms with Crippen LogP contribution in [0.1, 0.15) is 0 Å². The maximum absolute atomic E-state index is 9.87. The third kappa shape index (κ3) is 1.79. The minimum atomic E-state index is 0.207. The lowest BCUT2D eigenvalue weighted by molar-refractivity contribution is 0.477. The number of phenolic OH excluding ortho intramolecular Hbond substituents is 1. The lowest BCUT2D eigenvalue weighted by atomic mass is 10.0. The summed E-state index contributed by atoms with van der Waals surface area (Å²) in [6.45, 7) is 0. The highest BCUT2D eigenvalue weighted by Gasteiger charge is 2.07. The molecule has 0 aliphatic heterocycles. The first-order valence-electron chi connectivity index (χ1n) is 5.50. The number of anilines is 1. The van der Waals surface area contributed by atoms with Gasteiger partial charge in [0.25, 0.3) is 0 Å². The van der Waals surface area contributed by atoms with Crippen molar-refractivity contribution >= 4 is 28.3 Å². The summed E-state index contributed by atoms with van der Waals surface area (Å²) < 4.78 is 0. The van der Waals surface area contributed by atoms with E-state index in [2.05, 4.69) is 4.98 Å². The van der Waals surface area contributed by atoms with Crippen molar-refractivity contribution in [2.24, 2.45) is 0 Å². The molecule has 90 valence electrons. The van der Waals surface area contributed by atoms with Gasteiger partial charge in [-0.1, -0.05) is 23.7 Å². The largest absolute Gasteiger partial charge is 0.507 e. The van der Waals surface area contributed by atoms with Crippen LogP contribution in [0.4, 0.5) is 5.82 Å². The number of halogens is 1. The molecule has 0 saturated carbocycles. The molecule has 18 heavy (non-hydrogen) atoms. The van der Waals surface area contributed by atoms with Crippen molar-refractivity contribution in [1.29, 1.82) is 0 Å². The van der Waals surface area contributed by atoms with Gasteiger partial charge in [-0.05, 0) is 35.9 Å². The highest BCUT2D eigenvalue weighted by molar-refractivity contribution is 6.31. The molecule has 1 heterocycles. The van der Waals surface area contributed by atoms with Crippen LogP contribution < -0.4 is 5.73 Å². The van der Waals surface area contributed by atoms with E-state index in [9.17, 15) is 5.11 Å². The Morgan fingerprint density at radius 1 is 1.06 bits per heavy atom. The predicted molar refractivity (Wildman–Crippen MR) is 74.8 cm³/mol. The van der Waals surface area contributed by atoms with Crippen molar-refractivity contribution in [3.63, 3.8) is 0 Å². The molecule has 0 fully saturated rings. The minimum absolute atomic E-state index is 0.207. The molecule has 0 unspecified atom stereocenters. The molecule has 3 aromatic rings. The van der Waals surface area contributed by atoms with Crippen LogP contribution in [0.25, 0.3) is 22.0 Å². The highest BCUT2D eigenvalue weighted by atomic mass is 35.5. The number of aromatic amines is 1. The number of H-pyrrole nitrogens is 1. The summed E-state index contributed by atoms with van der Waals surface area (Å²) in [5.41, 5.74) is 8.24. The number of nitrogen functional groups attached to an aromatic ring is 1. The van der Waals surface area contributed by atoms with E-state index in [1.807, 2.05) is 24.3 Å². The van der Waals surface area contributed by atoms with Crippen LogP contribution in [0.3, 0.4) is 0 Å². The fourth-order valence-corrected chi connectivity index (χ4v) is 2.23. The van der Waals surface area contributed by atoms with E-state index < -0.39 is 0 Å². The van der Waals surface area contributed by atoms with Crippen molar-refractivity contribution in [3.05, 3.63) is 47.5 Å². The number of hydrogen-bond acceptors (Lipinski definition) is 2. The first kappa shape index (κ1) is 11.0. The first-order valence-corrected chi connectivity index (χ1v) is 5.88. The van der Waals surface area contributed by atoms with E-state index in [1.165, 1.54) is 0 Å². The number of fused-ring (bicyclic) bond motifs is 1. The van der Waals surface area contributed by atoms with Gasteiger partial charge in [0, 0.05) is 21.5 Å². The van der Waals surface area contributed by atoms with Gasteiger partial charge in [-0.2, -0.15) is 0 Å². The number of benzene rings is 2. The average molecular weight is 259 g/mol. The maximum atomic E-state index is 9.87. The predicted octanol–water partition coefficient (Wildman–Crippen LogP) is 3.78. The maximum Gasteiger partial charge on any atom is 0.123 e. The van der Waals surface area contributed by atoms with Crippen LogP contribution in [-0.2, 0) is 0 Å². The second-order valence-corrected chi connectivity index (χ2v) is 4.62. The Morgan fingerprint density at radius 3 is 2.72 bits per heavy atom. The van der Waals surface area contributed by atoms with Crippen LogP contribution in [0.2, 0.25) is 5.02 Å². The molecule has 3 rings (SSSR count). The molecule has 0 bridgehead atoms. The SMILES string of the molecule is Nc1cc2ccc(-c3cc(Cl)ccc3O)cc2[nH]1. The molecule has 4 heteroatoms. The van der Waals surface area contributed by atoms with Gasteiger partial charge < -0.3 is 15.8 Å². The number of hydrogen-bond donors (Lipinski definition) is 3. The monoisotopic (exact) mass is 258 g/mol. The molecule has 2 aromatic carbocycles. The number of aromatic nitrogens is 1. The Morgan fingerprint density at radius 2 is 1.89 bits per heavy atom. The first-order chi connectivity index (χ1) is 8.63. The third-order valence-electron chi connectivity index (χ3n) is 2.91. The van der Waals surface area contributed by atoms with Gasteiger partial charge in [-0.25, -0.2) is 0 Å².